The van der Waals surface area contributed by atoms with Crippen molar-refractivity contribution >= 4 is 16.8 Å². The number of hydrogen-bond donors (Lipinski definition) is 0. The fourth-order valence-corrected chi connectivity index (χ4v) is 3.33. The van der Waals surface area contributed by atoms with E-state index in [0.717, 1.165) is 31.1 Å². The first-order chi connectivity index (χ1) is 10.0. The van der Waals surface area contributed by atoms with Gasteiger partial charge >= 0.3 is 0 Å². The Bertz CT molecular complexity index is 786. The molecule has 0 N–H and O–H groups in total. The lowest BCUT2D eigenvalue weighted by molar-refractivity contribution is 0.101. The van der Waals surface area contributed by atoms with E-state index in [9.17, 15) is 9.59 Å². The highest BCUT2D eigenvalue weighted by atomic mass is 16.1. The number of pyridine rings is 1. The molecule has 1 aliphatic rings. The maximum absolute atomic E-state index is 12.8. The van der Waals surface area contributed by atoms with Crippen molar-refractivity contribution in [3.8, 4) is 0 Å². The van der Waals surface area contributed by atoms with Crippen LogP contribution in [0.5, 0.6) is 0 Å². The molecule has 0 aromatic carbocycles. The van der Waals surface area contributed by atoms with Gasteiger partial charge in [0.1, 0.15) is 11.5 Å². The van der Waals surface area contributed by atoms with Crippen molar-refractivity contribution in [2.75, 3.05) is 0 Å². The highest BCUT2D eigenvalue weighted by molar-refractivity contribution is 5.99. The SMILES string of the molecule is CC(=O)c1c(C)c2cnc(C)nc2n(C2CCCC2)c1=O. The number of hydrogen-bond acceptors (Lipinski definition) is 4. The van der Waals surface area contributed by atoms with Crippen LogP contribution in [0.2, 0.25) is 0 Å². The maximum Gasteiger partial charge on any atom is 0.263 e. The van der Waals surface area contributed by atoms with E-state index in [1.54, 1.807) is 17.7 Å². The van der Waals surface area contributed by atoms with Gasteiger partial charge in [-0.15, -0.1) is 0 Å². The molecular weight excluding hydrogens is 266 g/mol. The standard InChI is InChI=1S/C16H19N3O2/c1-9-13-8-17-11(3)18-15(13)19(12-6-4-5-7-12)16(21)14(9)10(2)20/h8,12H,4-7H2,1-3H3. The van der Waals surface area contributed by atoms with E-state index in [2.05, 4.69) is 9.97 Å². The van der Waals surface area contributed by atoms with Crippen LogP contribution >= 0.6 is 0 Å². The molecule has 0 atom stereocenters. The zero-order valence-electron chi connectivity index (χ0n) is 12.6. The van der Waals surface area contributed by atoms with Crippen molar-refractivity contribution in [2.24, 2.45) is 0 Å². The maximum atomic E-state index is 12.8. The summed E-state index contributed by atoms with van der Waals surface area (Å²) in [5, 5.41) is 0.803. The van der Waals surface area contributed by atoms with Gasteiger partial charge in [0.05, 0.1) is 5.56 Å². The van der Waals surface area contributed by atoms with Gasteiger partial charge in [0.25, 0.3) is 5.56 Å². The molecule has 2 heterocycles. The van der Waals surface area contributed by atoms with Crippen molar-refractivity contribution in [3.05, 3.63) is 33.5 Å². The van der Waals surface area contributed by atoms with Crippen LogP contribution in [0.15, 0.2) is 11.0 Å². The summed E-state index contributed by atoms with van der Waals surface area (Å²) in [6.45, 7) is 5.07. The predicted molar refractivity (Wildman–Crippen MR) is 80.8 cm³/mol. The number of rotatable bonds is 2. The molecule has 0 saturated heterocycles. The summed E-state index contributed by atoms with van der Waals surface area (Å²) in [6, 6.07) is 0.146. The first-order valence-electron chi connectivity index (χ1n) is 7.40. The predicted octanol–water partition coefficient (Wildman–Crippen LogP) is 2.73. The van der Waals surface area contributed by atoms with Gasteiger partial charge in [0.2, 0.25) is 0 Å². The van der Waals surface area contributed by atoms with Gasteiger partial charge in [-0.05, 0) is 39.2 Å². The quantitative estimate of drug-likeness (QED) is 0.796. The Kier molecular flexibility index (Phi) is 3.35. The molecule has 0 unspecified atom stereocenters. The van der Waals surface area contributed by atoms with Gasteiger partial charge in [-0.1, -0.05) is 12.8 Å². The van der Waals surface area contributed by atoms with Crippen LogP contribution in [0.3, 0.4) is 0 Å². The lowest BCUT2D eigenvalue weighted by Gasteiger charge is -2.19. The van der Waals surface area contributed by atoms with Crippen molar-refractivity contribution in [1.29, 1.82) is 0 Å². The Hall–Kier alpha value is -2.04. The van der Waals surface area contributed by atoms with Crippen LogP contribution in [-0.2, 0) is 0 Å². The second-order valence-corrected chi connectivity index (χ2v) is 5.82. The summed E-state index contributed by atoms with van der Waals surface area (Å²) < 4.78 is 1.74. The Labute approximate surface area is 123 Å². The average molecular weight is 285 g/mol. The van der Waals surface area contributed by atoms with Crippen molar-refractivity contribution in [2.45, 2.75) is 52.5 Å². The molecule has 2 aromatic heterocycles. The third-order valence-electron chi connectivity index (χ3n) is 4.37. The number of fused-ring (bicyclic) bond motifs is 1. The van der Waals surface area contributed by atoms with Crippen molar-refractivity contribution < 1.29 is 4.79 Å². The second kappa shape index (κ2) is 5.06. The molecule has 1 fully saturated rings. The summed E-state index contributed by atoms with van der Waals surface area (Å²) in [7, 11) is 0. The third kappa shape index (κ3) is 2.17. The van der Waals surface area contributed by atoms with Crippen molar-refractivity contribution in [3.63, 3.8) is 0 Å². The molecule has 5 nitrogen and oxygen atoms in total. The van der Waals surface area contributed by atoms with Crippen LogP contribution in [0, 0.1) is 13.8 Å². The smallest absolute Gasteiger partial charge is 0.263 e. The largest absolute Gasteiger partial charge is 0.294 e. The summed E-state index contributed by atoms with van der Waals surface area (Å²) >= 11 is 0. The van der Waals surface area contributed by atoms with E-state index in [1.165, 1.54) is 6.92 Å². The van der Waals surface area contributed by atoms with Gasteiger partial charge in [-0.25, -0.2) is 9.97 Å². The summed E-state index contributed by atoms with van der Waals surface area (Å²) in [6.07, 6.45) is 5.90. The van der Waals surface area contributed by atoms with Gasteiger partial charge < -0.3 is 0 Å². The van der Waals surface area contributed by atoms with Crippen molar-refractivity contribution in [1.82, 2.24) is 14.5 Å². The first kappa shape index (κ1) is 13.9. The topological polar surface area (TPSA) is 64.8 Å². The van der Waals surface area contributed by atoms with Crippen LogP contribution in [0.4, 0.5) is 0 Å². The highest BCUT2D eigenvalue weighted by Gasteiger charge is 2.25. The molecule has 21 heavy (non-hydrogen) atoms. The molecule has 1 saturated carbocycles. The number of carbonyl (C=O) groups excluding carboxylic acids is 1. The molecule has 5 heteroatoms. The fourth-order valence-electron chi connectivity index (χ4n) is 3.33. The van der Waals surface area contributed by atoms with E-state index in [1.807, 2.05) is 6.92 Å². The van der Waals surface area contributed by atoms with Gasteiger partial charge in [0, 0.05) is 17.6 Å². The van der Waals surface area contributed by atoms with Gasteiger partial charge in [0.15, 0.2) is 5.78 Å². The van der Waals surface area contributed by atoms with Gasteiger partial charge in [-0.3, -0.25) is 14.2 Å². The molecular formula is C16H19N3O2. The molecule has 0 amide bonds. The van der Waals surface area contributed by atoms with Crippen LogP contribution in [0.25, 0.3) is 11.0 Å². The summed E-state index contributed by atoms with van der Waals surface area (Å²) in [4.78, 5) is 33.4. The zero-order valence-corrected chi connectivity index (χ0v) is 12.6. The first-order valence-corrected chi connectivity index (χ1v) is 7.40. The normalized spacial score (nSPS) is 15.8. The number of aryl methyl sites for hydroxylation is 2. The van der Waals surface area contributed by atoms with E-state index < -0.39 is 0 Å². The van der Waals surface area contributed by atoms with E-state index in [-0.39, 0.29) is 22.9 Å². The number of Topliss-reactive ketones (excluding diaryl/α,β-unsaturated/α-hetero) is 1. The van der Waals surface area contributed by atoms with Crippen LogP contribution < -0.4 is 5.56 Å². The summed E-state index contributed by atoms with van der Waals surface area (Å²) in [5.41, 5.74) is 1.44. The Morgan fingerprint density at radius 1 is 1.29 bits per heavy atom. The molecule has 3 rings (SSSR count). The van der Waals surface area contributed by atoms with E-state index in [0.29, 0.717) is 17.0 Å². The summed E-state index contributed by atoms with van der Waals surface area (Å²) in [5.74, 6) is 0.454. The lowest BCUT2D eigenvalue weighted by atomic mass is 10.0. The zero-order chi connectivity index (χ0) is 15.1. The molecule has 0 bridgehead atoms. The van der Waals surface area contributed by atoms with Crippen LogP contribution in [-0.4, -0.2) is 20.3 Å². The molecule has 0 aliphatic heterocycles. The molecule has 0 spiro atoms. The lowest BCUT2D eigenvalue weighted by Crippen LogP contribution is -2.30. The molecule has 0 radical (unpaired) electrons. The van der Waals surface area contributed by atoms with Gasteiger partial charge in [-0.2, -0.15) is 0 Å². The van der Waals surface area contributed by atoms with E-state index in [4.69, 9.17) is 0 Å². The minimum atomic E-state index is -0.197. The number of aromatic nitrogens is 3. The Morgan fingerprint density at radius 2 is 1.95 bits per heavy atom. The monoisotopic (exact) mass is 285 g/mol. The minimum Gasteiger partial charge on any atom is -0.294 e. The second-order valence-electron chi connectivity index (χ2n) is 5.82. The molecule has 2 aromatic rings. The third-order valence-corrected chi connectivity index (χ3v) is 4.37. The van der Waals surface area contributed by atoms with Crippen LogP contribution in [0.1, 0.15) is 60.4 Å². The molecule has 110 valence electrons. The van der Waals surface area contributed by atoms with E-state index >= 15 is 0 Å². The minimum absolute atomic E-state index is 0.146. The molecule has 1 aliphatic carbocycles. The number of carbonyl (C=O) groups is 1. The number of ketones is 1. The highest BCUT2D eigenvalue weighted by Crippen LogP contribution is 2.31. The average Bonchev–Trinajstić information content (AvgIpc) is 2.91. The Morgan fingerprint density at radius 3 is 2.57 bits per heavy atom. The Balaban J connectivity index is 2.44. The fraction of sp³-hybridized carbons (Fsp3) is 0.500. The number of nitrogens with zero attached hydrogens (tertiary/aromatic N) is 3.